The molecule has 438 valence electrons. The number of amides is 4. The van der Waals surface area contributed by atoms with Crippen molar-refractivity contribution in [2.45, 2.75) is 69.4 Å². The second-order valence-electron chi connectivity index (χ2n) is 20.5. The number of alkyl halides is 3. The van der Waals surface area contributed by atoms with Crippen molar-refractivity contribution in [3.8, 4) is 0 Å². The Morgan fingerprint density at radius 2 is 0.651 bits per heavy atom. The minimum atomic E-state index is -5.08. The molecule has 6 aromatic carbocycles. The molecule has 2 atom stereocenters. The van der Waals surface area contributed by atoms with E-state index in [0.717, 1.165) is 44.5 Å². The first-order chi connectivity index (χ1) is 39.5. The van der Waals surface area contributed by atoms with E-state index in [9.17, 15) is 58.7 Å². The number of carbonyl (C=O) groups excluding carboxylic acids is 4. The highest BCUT2D eigenvalue weighted by Crippen LogP contribution is 2.33. The van der Waals surface area contributed by atoms with Crippen molar-refractivity contribution in [3.63, 3.8) is 0 Å². The second kappa shape index (κ2) is 26.9. The van der Waals surface area contributed by atoms with Crippen molar-refractivity contribution in [2.24, 2.45) is 11.5 Å². The van der Waals surface area contributed by atoms with Crippen LogP contribution >= 0.6 is 0 Å². The fourth-order valence-corrected chi connectivity index (χ4v) is 10.6. The lowest BCUT2D eigenvalue weighted by Crippen LogP contribution is -2.52. The molecule has 2 fully saturated rings. The smallest absolute Gasteiger partial charge is 0.475 e. The molecule has 4 heterocycles. The number of halogens is 9. The average Bonchev–Trinajstić information content (AvgIpc) is 4.34. The van der Waals surface area contributed by atoms with Gasteiger partial charge in [-0.3, -0.25) is 29.0 Å². The number of nitrogens with two attached hydrogens (primary N) is 2. The van der Waals surface area contributed by atoms with Gasteiger partial charge in [-0.2, -0.15) is 13.2 Å². The Labute approximate surface area is 472 Å². The van der Waals surface area contributed by atoms with Crippen LogP contribution in [-0.4, -0.2) is 135 Å². The van der Waals surface area contributed by atoms with Gasteiger partial charge in [-0.05, 0) is 117 Å². The van der Waals surface area contributed by atoms with Gasteiger partial charge in [0.05, 0.1) is 37.0 Å². The molecule has 6 aromatic rings. The molecule has 0 saturated carbocycles. The molecule has 5 N–H and O–H groups in total. The standard InChI is InChI=1S/2C29H29F3N4O2.C2HF3O2/c2*30-23-6-1-19(2-7-23)28(20-3-8-24(31)9-4-20)35-13-11-34(12-14-35)27(37)16-26(33)29(38)36-17-21-5-10-25(32)15-22(21)18-36;3-2(4,5)1(6)7/h2*1-10,15,26,28H,11-14,16-18,33H2;(H,6,7)/t2*26-;/m00./s1. The predicted octanol–water partition coefficient (Wildman–Crippen LogP) is 7.83. The largest absolute Gasteiger partial charge is 0.490 e. The lowest BCUT2D eigenvalue weighted by Gasteiger charge is -2.40. The van der Waals surface area contributed by atoms with Gasteiger partial charge in [0.25, 0.3) is 0 Å². The molecule has 4 aliphatic rings. The quantitative estimate of drug-likeness (QED) is 0.102. The molecule has 83 heavy (non-hydrogen) atoms. The number of benzene rings is 6. The molecule has 0 radical (unpaired) electrons. The minimum absolute atomic E-state index is 0.112. The number of hydrogen-bond acceptors (Lipinski definition) is 9. The third-order valence-corrected chi connectivity index (χ3v) is 14.9. The van der Waals surface area contributed by atoms with Crippen molar-refractivity contribution in [1.29, 1.82) is 0 Å². The monoisotopic (exact) mass is 1160 g/mol. The third kappa shape index (κ3) is 15.7. The first-order valence-electron chi connectivity index (χ1n) is 26.5. The highest BCUT2D eigenvalue weighted by molar-refractivity contribution is 5.89. The Balaban J connectivity index is 0.000000195. The van der Waals surface area contributed by atoms with Crippen molar-refractivity contribution in [2.75, 3.05) is 52.4 Å². The molecule has 2 saturated heterocycles. The van der Waals surface area contributed by atoms with Gasteiger partial charge in [0, 0.05) is 78.5 Å². The highest BCUT2D eigenvalue weighted by atomic mass is 19.4. The van der Waals surface area contributed by atoms with Crippen molar-refractivity contribution < 1.29 is 68.6 Å². The molecule has 0 aromatic heterocycles. The maximum absolute atomic E-state index is 13.6. The normalized spacial score (nSPS) is 16.1. The first-order valence-corrected chi connectivity index (χ1v) is 26.5. The van der Waals surface area contributed by atoms with Crippen LogP contribution in [0.4, 0.5) is 39.5 Å². The predicted molar refractivity (Wildman–Crippen MR) is 286 cm³/mol. The van der Waals surface area contributed by atoms with Gasteiger partial charge < -0.3 is 36.2 Å². The number of aliphatic carboxylic acids is 1. The zero-order valence-electron chi connectivity index (χ0n) is 44.6. The van der Waals surface area contributed by atoms with E-state index in [1.807, 2.05) is 0 Å². The summed E-state index contributed by atoms with van der Waals surface area (Å²) in [5.41, 5.74) is 19.0. The Kier molecular flexibility index (Phi) is 19.7. The summed E-state index contributed by atoms with van der Waals surface area (Å²) in [5, 5.41) is 7.12. The number of piperazine rings is 2. The molecule has 0 aliphatic carbocycles. The molecular weight excluding hydrogens is 1100 g/mol. The van der Waals surface area contributed by atoms with Crippen LogP contribution in [0.3, 0.4) is 0 Å². The van der Waals surface area contributed by atoms with Gasteiger partial charge in [0.15, 0.2) is 0 Å². The van der Waals surface area contributed by atoms with E-state index in [4.69, 9.17) is 21.4 Å². The molecular formula is C60H59F9N8O6. The number of rotatable bonds is 12. The summed E-state index contributed by atoms with van der Waals surface area (Å²) >= 11 is 0. The van der Waals surface area contributed by atoms with Crippen molar-refractivity contribution in [1.82, 2.24) is 29.4 Å². The molecule has 10 rings (SSSR count). The molecule has 0 unspecified atom stereocenters. The van der Waals surface area contributed by atoms with Gasteiger partial charge in [-0.15, -0.1) is 0 Å². The van der Waals surface area contributed by atoms with Gasteiger partial charge in [-0.1, -0.05) is 60.7 Å². The molecule has 23 heteroatoms. The van der Waals surface area contributed by atoms with Gasteiger partial charge in [0.2, 0.25) is 23.6 Å². The summed E-state index contributed by atoms with van der Waals surface area (Å²) in [6.07, 6.45) is -5.31. The Hall–Kier alpha value is -8.12. The van der Waals surface area contributed by atoms with Crippen LogP contribution < -0.4 is 11.5 Å². The van der Waals surface area contributed by atoms with E-state index in [0.29, 0.717) is 65.4 Å². The van der Waals surface area contributed by atoms with E-state index in [2.05, 4.69) is 9.80 Å². The zero-order chi connectivity index (χ0) is 59.7. The van der Waals surface area contributed by atoms with Gasteiger partial charge >= 0.3 is 12.1 Å². The number of carbonyl (C=O) groups is 5. The molecule has 4 aliphatic heterocycles. The fraction of sp³-hybridized carbons (Fsp3) is 0.317. The fourth-order valence-electron chi connectivity index (χ4n) is 10.6. The number of nitrogens with zero attached hydrogens (tertiary/aromatic N) is 6. The molecule has 4 amide bonds. The van der Waals surface area contributed by atoms with Crippen LogP contribution in [0.2, 0.25) is 0 Å². The average molecular weight is 1160 g/mol. The van der Waals surface area contributed by atoms with Crippen LogP contribution in [0.25, 0.3) is 0 Å². The second-order valence-corrected chi connectivity index (χ2v) is 20.5. The van der Waals surface area contributed by atoms with E-state index in [-0.39, 0.29) is 96.5 Å². The van der Waals surface area contributed by atoms with Crippen LogP contribution in [0, 0.1) is 34.9 Å². The zero-order valence-corrected chi connectivity index (χ0v) is 44.6. The Morgan fingerprint density at radius 3 is 0.916 bits per heavy atom. The third-order valence-electron chi connectivity index (χ3n) is 14.9. The SMILES string of the molecule is N[C@@H](CC(=O)N1CCN(C(c2ccc(F)cc2)c2ccc(F)cc2)CC1)C(=O)N1Cc2ccc(F)cc2C1.N[C@@H](CC(=O)N1CCN(C(c2ccc(F)cc2)c2ccc(F)cc2)CC1)C(=O)N1Cc2ccc(F)cc2C1.O=C(O)C(F)(F)F. The maximum atomic E-state index is 13.6. The Morgan fingerprint density at radius 1 is 0.398 bits per heavy atom. The lowest BCUT2D eigenvalue weighted by molar-refractivity contribution is -0.192. The summed E-state index contributed by atoms with van der Waals surface area (Å²) in [6.45, 7) is 5.18. The summed E-state index contributed by atoms with van der Waals surface area (Å²) in [6, 6.07) is 31.5. The summed E-state index contributed by atoms with van der Waals surface area (Å²) in [7, 11) is 0. The topological polar surface area (TPSA) is 177 Å². The van der Waals surface area contributed by atoms with Crippen molar-refractivity contribution in [3.05, 3.63) is 213 Å². The Bertz CT molecular complexity index is 2960. The number of carboxylic acid groups (broad SMARTS) is 1. The van der Waals surface area contributed by atoms with Crippen molar-refractivity contribution >= 4 is 29.6 Å². The molecule has 0 bridgehead atoms. The van der Waals surface area contributed by atoms with Crippen LogP contribution in [0.1, 0.15) is 69.4 Å². The summed E-state index contributed by atoms with van der Waals surface area (Å²) in [4.78, 5) is 71.6. The number of fused-ring (bicyclic) bond motifs is 2. The molecule has 14 nitrogen and oxygen atoms in total. The highest BCUT2D eigenvalue weighted by Gasteiger charge is 2.39. The molecule has 0 spiro atoms. The van der Waals surface area contributed by atoms with Gasteiger partial charge in [0.1, 0.15) is 34.9 Å². The van der Waals surface area contributed by atoms with E-state index in [1.165, 1.54) is 72.8 Å². The minimum Gasteiger partial charge on any atom is -0.475 e. The van der Waals surface area contributed by atoms with E-state index >= 15 is 0 Å². The first kappa shape index (κ1) is 61.0. The van der Waals surface area contributed by atoms with E-state index < -0.39 is 24.2 Å². The van der Waals surface area contributed by atoms with Crippen LogP contribution in [-0.2, 0) is 50.2 Å². The summed E-state index contributed by atoms with van der Waals surface area (Å²) in [5.74, 6) is -5.86. The van der Waals surface area contributed by atoms with Crippen LogP contribution in [0.5, 0.6) is 0 Å². The van der Waals surface area contributed by atoms with Gasteiger partial charge in [-0.25, -0.2) is 31.1 Å². The lowest BCUT2D eigenvalue weighted by atomic mass is 9.96. The number of hydrogen-bond donors (Lipinski definition) is 3. The maximum Gasteiger partial charge on any atom is 0.490 e. The van der Waals surface area contributed by atoms with E-state index in [1.54, 1.807) is 80.3 Å². The number of carboxylic acids is 1. The summed E-state index contributed by atoms with van der Waals surface area (Å²) < 4.78 is 113. The van der Waals surface area contributed by atoms with Crippen LogP contribution in [0.15, 0.2) is 133 Å².